The first-order valence-corrected chi connectivity index (χ1v) is 3.56. The van der Waals surface area contributed by atoms with E-state index in [1.165, 1.54) is 0 Å². The molecule has 0 aliphatic rings. The molecule has 0 fully saturated rings. The zero-order chi connectivity index (χ0) is 8.97. The first-order chi connectivity index (χ1) is 5.81. The van der Waals surface area contributed by atoms with E-state index in [-0.39, 0.29) is 6.61 Å². The Bertz CT molecular complexity index is 263. The smallest absolute Gasteiger partial charge is 0.126 e. The van der Waals surface area contributed by atoms with Crippen LogP contribution < -0.4 is 16.0 Å². The Hall–Kier alpha value is -1.26. The number of hydrogen-bond acceptors (Lipinski definition) is 4. The largest absolute Gasteiger partial charge is 0.496 e. The van der Waals surface area contributed by atoms with Crippen LogP contribution in [0.1, 0.15) is 5.56 Å². The van der Waals surface area contributed by atoms with Gasteiger partial charge in [0.15, 0.2) is 0 Å². The maximum atomic E-state index is 8.88. The number of rotatable bonds is 3. The number of ether oxygens (including phenoxy) is 1. The average Bonchev–Trinajstić information content (AvgIpc) is 2.16. The summed E-state index contributed by atoms with van der Waals surface area (Å²) in [4.78, 5) is 0. The zero-order valence-corrected chi connectivity index (χ0v) is 6.87. The van der Waals surface area contributed by atoms with E-state index in [0.717, 1.165) is 11.3 Å². The molecule has 1 aromatic rings. The average molecular weight is 168 g/mol. The molecule has 0 saturated heterocycles. The number of methoxy groups -OCH3 is 1. The van der Waals surface area contributed by atoms with Crippen LogP contribution in [-0.2, 0) is 6.61 Å². The Balaban J connectivity index is 3.02. The molecule has 0 atom stereocenters. The summed E-state index contributed by atoms with van der Waals surface area (Å²) in [6.45, 7) is -0.0337. The summed E-state index contributed by atoms with van der Waals surface area (Å²) in [5, 5.41) is 8.88. The van der Waals surface area contributed by atoms with E-state index in [2.05, 4.69) is 5.43 Å². The highest BCUT2D eigenvalue weighted by Crippen LogP contribution is 2.22. The van der Waals surface area contributed by atoms with Crippen molar-refractivity contribution < 1.29 is 9.84 Å². The van der Waals surface area contributed by atoms with Crippen LogP contribution in [0.4, 0.5) is 5.69 Å². The lowest BCUT2D eigenvalue weighted by Crippen LogP contribution is -2.07. The van der Waals surface area contributed by atoms with Crippen LogP contribution in [0.2, 0.25) is 0 Å². The van der Waals surface area contributed by atoms with Crippen molar-refractivity contribution in [2.24, 2.45) is 5.84 Å². The summed E-state index contributed by atoms with van der Waals surface area (Å²) in [7, 11) is 1.55. The first-order valence-electron chi connectivity index (χ1n) is 3.56. The molecular weight excluding hydrogens is 156 g/mol. The van der Waals surface area contributed by atoms with Crippen LogP contribution in [0.15, 0.2) is 18.2 Å². The second-order valence-corrected chi connectivity index (χ2v) is 2.33. The number of nitrogens with two attached hydrogens (primary N) is 1. The second-order valence-electron chi connectivity index (χ2n) is 2.33. The van der Waals surface area contributed by atoms with E-state index in [1.807, 2.05) is 0 Å². The maximum absolute atomic E-state index is 8.88. The van der Waals surface area contributed by atoms with Crippen LogP contribution in [0.3, 0.4) is 0 Å². The molecule has 66 valence electrons. The summed E-state index contributed by atoms with van der Waals surface area (Å²) in [6.07, 6.45) is 0. The molecule has 1 rings (SSSR count). The third-order valence-electron chi connectivity index (χ3n) is 1.62. The summed E-state index contributed by atoms with van der Waals surface area (Å²) in [6, 6.07) is 5.26. The molecule has 0 aliphatic carbocycles. The fourth-order valence-electron chi connectivity index (χ4n) is 0.965. The molecule has 0 amide bonds. The Morgan fingerprint density at radius 3 is 2.83 bits per heavy atom. The van der Waals surface area contributed by atoms with E-state index in [9.17, 15) is 0 Å². The van der Waals surface area contributed by atoms with Crippen molar-refractivity contribution in [1.82, 2.24) is 0 Å². The molecule has 4 nitrogen and oxygen atoms in total. The number of aliphatic hydroxyl groups excluding tert-OH is 1. The molecule has 0 heterocycles. The Morgan fingerprint density at radius 1 is 1.58 bits per heavy atom. The quantitative estimate of drug-likeness (QED) is 0.453. The molecule has 0 bridgehead atoms. The number of hydrogen-bond donors (Lipinski definition) is 3. The fraction of sp³-hybridized carbons (Fsp3) is 0.250. The molecule has 12 heavy (non-hydrogen) atoms. The van der Waals surface area contributed by atoms with Crippen LogP contribution in [0.5, 0.6) is 5.75 Å². The van der Waals surface area contributed by atoms with Crippen molar-refractivity contribution in [3.8, 4) is 5.75 Å². The van der Waals surface area contributed by atoms with Crippen molar-refractivity contribution in [2.45, 2.75) is 6.61 Å². The van der Waals surface area contributed by atoms with Crippen molar-refractivity contribution in [1.29, 1.82) is 0 Å². The number of nitrogens with one attached hydrogen (secondary N) is 1. The van der Waals surface area contributed by atoms with Crippen molar-refractivity contribution in [3.05, 3.63) is 23.8 Å². The fourth-order valence-corrected chi connectivity index (χ4v) is 0.965. The highest BCUT2D eigenvalue weighted by atomic mass is 16.5. The van der Waals surface area contributed by atoms with Gasteiger partial charge in [0, 0.05) is 11.6 Å². The molecule has 0 aliphatic heterocycles. The number of aliphatic hydroxyl groups is 1. The molecule has 4 heteroatoms. The molecule has 1 aromatic carbocycles. The molecule has 0 radical (unpaired) electrons. The normalized spacial score (nSPS) is 9.58. The van der Waals surface area contributed by atoms with Gasteiger partial charge in [-0.05, 0) is 6.07 Å². The number of anilines is 1. The van der Waals surface area contributed by atoms with E-state index in [1.54, 1.807) is 25.3 Å². The molecule has 0 unspecified atom stereocenters. The predicted octanol–water partition coefficient (Wildman–Crippen LogP) is 0.473. The van der Waals surface area contributed by atoms with Crippen molar-refractivity contribution in [2.75, 3.05) is 12.5 Å². The third-order valence-corrected chi connectivity index (χ3v) is 1.62. The Kier molecular flexibility index (Phi) is 2.90. The number of benzene rings is 1. The molecule has 0 saturated carbocycles. The van der Waals surface area contributed by atoms with Gasteiger partial charge in [0.1, 0.15) is 5.75 Å². The van der Waals surface area contributed by atoms with E-state index >= 15 is 0 Å². The highest BCUT2D eigenvalue weighted by molar-refractivity contribution is 5.50. The molecule has 4 N–H and O–H groups in total. The number of nitrogen functional groups attached to an aromatic ring is 1. The van der Waals surface area contributed by atoms with Gasteiger partial charge in [0.05, 0.1) is 19.4 Å². The van der Waals surface area contributed by atoms with Crippen LogP contribution in [0, 0.1) is 0 Å². The van der Waals surface area contributed by atoms with Gasteiger partial charge in [-0.1, -0.05) is 6.07 Å². The molecule has 0 spiro atoms. The van der Waals surface area contributed by atoms with Crippen LogP contribution in [-0.4, -0.2) is 12.2 Å². The first kappa shape index (κ1) is 8.83. The second kappa shape index (κ2) is 3.94. The summed E-state index contributed by atoms with van der Waals surface area (Å²) >= 11 is 0. The van der Waals surface area contributed by atoms with Crippen LogP contribution >= 0.6 is 0 Å². The SMILES string of the molecule is COc1cc(NN)ccc1CO. The minimum Gasteiger partial charge on any atom is -0.496 e. The van der Waals surface area contributed by atoms with Crippen LogP contribution in [0.25, 0.3) is 0 Å². The van der Waals surface area contributed by atoms with Crippen molar-refractivity contribution in [3.63, 3.8) is 0 Å². The zero-order valence-electron chi connectivity index (χ0n) is 6.87. The summed E-state index contributed by atoms with van der Waals surface area (Å²) < 4.78 is 5.02. The lowest BCUT2D eigenvalue weighted by atomic mass is 10.2. The third kappa shape index (κ3) is 1.66. The Morgan fingerprint density at radius 2 is 2.33 bits per heavy atom. The lowest BCUT2D eigenvalue weighted by molar-refractivity contribution is 0.274. The standard InChI is InChI=1S/C8H12N2O2/c1-12-8-4-7(10-9)3-2-6(8)5-11/h2-4,10-11H,5,9H2,1H3. The van der Waals surface area contributed by atoms with E-state index in [4.69, 9.17) is 15.7 Å². The molecular formula is C8H12N2O2. The monoisotopic (exact) mass is 168 g/mol. The van der Waals surface area contributed by atoms with Gasteiger partial charge in [-0.25, -0.2) is 0 Å². The molecule has 0 aromatic heterocycles. The van der Waals surface area contributed by atoms with Crippen molar-refractivity contribution >= 4 is 5.69 Å². The highest BCUT2D eigenvalue weighted by Gasteiger charge is 2.01. The van der Waals surface area contributed by atoms with Gasteiger partial charge < -0.3 is 15.3 Å². The minimum absolute atomic E-state index is 0.0337. The van der Waals surface area contributed by atoms with Gasteiger partial charge in [-0.15, -0.1) is 0 Å². The summed E-state index contributed by atoms with van der Waals surface area (Å²) in [5.74, 6) is 5.83. The van der Waals surface area contributed by atoms with Gasteiger partial charge in [-0.3, -0.25) is 5.84 Å². The lowest BCUT2D eigenvalue weighted by Gasteiger charge is -2.07. The summed E-state index contributed by atoms with van der Waals surface area (Å²) in [5.41, 5.74) is 3.99. The Labute approximate surface area is 70.9 Å². The topological polar surface area (TPSA) is 67.5 Å². The number of hydrazine groups is 1. The van der Waals surface area contributed by atoms with E-state index < -0.39 is 0 Å². The van der Waals surface area contributed by atoms with E-state index in [0.29, 0.717) is 5.75 Å². The minimum atomic E-state index is -0.0337. The maximum Gasteiger partial charge on any atom is 0.126 e. The van der Waals surface area contributed by atoms with Gasteiger partial charge in [0.25, 0.3) is 0 Å². The van der Waals surface area contributed by atoms with Gasteiger partial charge >= 0.3 is 0 Å². The van der Waals surface area contributed by atoms with Gasteiger partial charge in [-0.2, -0.15) is 0 Å². The predicted molar refractivity (Wildman–Crippen MR) is 46.7 cm³/mol. The van der Waals surface area contributed by atoms with Gasteiger partial charge in [0.2, 0.25) is 0 Å².